The number of amidine groups is 1. The van der Waals surface area contributed by atoms with E-state index in [0.717, 1.165) is 8.66 Å². The van der Waals surface area contributed by atoms with Crippen molar-refractivity contribution in [1.29, 1.82) is 0 Å². The Morgan fingerprint density at radius 3 is 2.60 bits per heavy atom. The van der Waals surface area contributed by atoms with Crippen LogP contribution in [0.4, 0.5) is 0 Å². The third-order valence-corrected chi connectivity index (χ3v) is 6.73. The molecular formula is C16H16BrN3O3S2. The Balaban J connectivity index is 1.72. The van der Waals surface area contributed by atoms with Crippen molar-refractivity contribution in [2.45, 2.75) is 11.4 Å². The van der Waals surface area contributed by atoms with Crippen LogP contribution < -0.4 is 0 Å². The van der Waals surface area contributed by atoms with Crippen molar-refractivity contribution in [3.8, 4) is 0 Å². The van der Waals surface area contributed by atoms with Crippen LogP contribution in [-0.2, 0) is 21.4 Å². The summed E-state index contributed by atoms with van der Waals surface area (Å²) in [5.74, 6) is 0.188. The zero-order valence-corrected chi connectivity index (χ0v) is 16.9. The average molecular weight is 442 g/mol. The molecule has 2 aromatic rings. The highest BCUT2D eigenvalue weighted by Gasteiger charge is 2.31. The topological polar surface area (TPSA) is 70.1 Å². The van der Waals surface area contributed by atoms with Gasteiger partial charge in [-0.1, -0.05) is 12.1 Å². The van der Waals surface area contributed by atoms with Gasteiger partial charge in [-0.2, -0.15) is 8.42 Å². The Hall–Kier alpha value is -1.71. The molecular weight excluding hydrogens is 426 g/mol. The second kappa shape index (κ2) is 6.89. The van der Waals surface area contributed by atoms with E-state index >= 15 is 0 Å². The summed E-state index contributed by atoms with van der Waals surface area (Å²) in [6.07, 6.45) is 0. The maximum Gasteiger partial charge on any atom is 0.285 e. The van der Waals surface area contributed by atoms with Crippen molar-refractivity contribution < 1.29 is 13.2 Å². The Morgan fingerprint density at radius 2 is 1.92 bits per heavy atom. The van der Waals surface area contributed by atoms with Crippen molar-refractivity contribution in [3.63, 3.8) is 0 Å². The predicted molar refractivity (Wildman–Crippen MR) is 101 cm³/mol. The molecule has 2 heterocycles. The molecule has 0 radical (unpaired) electrons. The summed E-state index contributed by atoms with van der Waals surface area (Å²) in [6.45, 7) is 0.552. The maximum absolute atomic E-state index is 12.5. The molecule has 0 atom stereocenters. The molecule has 1 aliphatic heterocycles. The number of hydrogen-bond donors (Lipinski definition) is 0. The van der Waals surface area contributed by atoms with Crippen LogP contribution in [0.15, 0.2) is 49.5 Å². The monoisotopic (exact) mass is 441 g/mol. The molecule has 0 aliphatic carbocycles. The lowest BCUT2D eigenvalue weighted by atomic mass is 10.2. The number of thiophene rings is 1. The summed E-state index contributed by atoms with van der Waals surface area (Å²) < 4.78 is 29.1. The number of rotatable bonds is 4. The van der Waals surface area contributed by atoms with E-state index in [1.54, 1.807) is 53.4 Å². The molecule has 0 saturated carbocycles. The summed E-state index contributed by atoms with van der Waals surface area (Å²) in [5.41, 5.74) is 0.530. The number of nitrogens with zero attached hydrogens (tertiary/aromatic N) is 3. The van der Waals surface area contributed by atoms with E-state index in [2.05, 4.69) is 20.3 Å². The number of amides is 1. The molecule has 1 aliphatic rings. The van der Waals surface area contributed by atoms with Crippen LogP contribution in [0.3, 0.4) is 0 Å². The van der Waals surface area contributed by atoms with Gasteiger partial charge < -0.3 is 9.80 Å². The molecule has 1 aromatic carbocycles. The van der Waals surface area contributed by atoms with Crippen LogP contribution in [0.1, 0.15) is 10.4 Å². The molecule has 9 heteroatoms. The lowest BCUT2D eigenvalue weighted by molar-refractivity contribution is -0.130. The van der Waals surface area contributed by atoms with Gasteiger partial charge in [0.25, 0.3) is 10.0 Å². The van der Waals surface area contributed by atoms with E-state index in [1.165, 1.54) is 6.07 Å². The zero-order chi connectivity index (χ0) is 18.2. The minimum absolute atomic E-state index is 0.0474. The quantitative estimate of drug-likeness (QED) is 0.730. The van der Waals surface area contributed by atoms with Gasteiger partial charge in [-0.25, -0.2) is 0 Å². The number of likely N-dealkylation sites (N-methyl/N-ethyl adjacent to an activating group) is 2. The molecule has 0 fully saturated rings. The molecule has 1 amide bonds. The molecule has 132 valence electrons. The average Bonchev–Trinajstić information content (AvgIpc) is 3.08. The minimum atomic E-state index is -3.68. The normalized spacial score (nSPS) is 14.8. The molecule has 0 spiro atoms. The van der Waals surface area contributed by atoms with Gasteiger partial charge >= 0.3 is 0 Å². The first-order valence-electron chi connectivity index (χ1n) is 7.41. The number of carbonyl (C=O) groups is 1. The Morgan fingerprint density at radius 1 is 1.20 bits per heavy atom. The number of hydrogen-bond acceptors (Lipinski definition) is 5. The third kappa shape index (κ3) is 3.78. The lowest BCUT2D eigenvalue weighted by Gasteiger charge is -2.22. The predicted octanol–water partition coefficient (Wildman–Crippen LogP) is 2.55. The molecule has 0 bridgehead atoms. The molecule has 25 heavy (non-hydrogen) atoms. The Labute approximate surface area is 159 Å². The molecule has 3 rings (SSSR count). The van der Waals surface area contributed by atoms with E-state index in [9.17, 15) is 13.2 Å². The zero-order valence-electron chi connectivity index (χ0n) is 13.6. The summed E-state index contributed by atoms with van der Waals surface area (Å²) >= 11 is 4.98. The van der Waals surface area contributed by atoms with Gasteiger partial charge in [0, 0.05) is 24.5 Å². The molecule has 0 unspecified atom stereocenters. The number of benzene rings is 1. The van der Waals surface area contributed by atoms with Gasteiger partial charge in [-0.15, -0.1) is 15.7 Å². The van der Waals surface area contributed by atoms with Crippen molar-refractivity contribution in [1.82, 2.24) is 9.80 Å². The highest BCUT2D eigenvalue weighted by molar-refractivity contribution is 9.11. The summed E-state index contributed by atoms with van der Waals surface area (Å²) in [5, 5.41) is 0. The van der Waals surface area contributed by atoms with Crippen LogP contribution in [0.5, 0.6) is 0 Å². The van der Waals surface area contributed by atoms with Gasteiger partial charge in [0.05, 0.1) is 16.9 Å². The largest absolute Gasteiger partial charge is 0.349 e. The van der Waals surface area contributed by atoms with Gasteiger partial charge in [0.2, 0.25) is 5.91 Å². The second-order valence-corrected chi connectivity index (χ2v) is 9.82. The summed E-state index contributed by atoms with van der Waals surface area (Å²) in [4.78, 5) is 16.9. The van der Waals surface area contributed by atoms with Crippen LogP contribution in [0, 0.1) is 0 Å². The van der Waals surface area contributed by atoms with Crippen LogP contribution in [0.25, 0.3) is 0 Å². The maximum atomic E-state index is 12.5. The van der Waals surface area contributed by atoms with E-state index in [0.29, 0.717) is 17.9 Å². The standard InChI is InChI=1S/C16H16BrN3O3S2/c1-19(9-11-7-8-14(17)24-11)15(21)10-20(2)16-12-5-3-4-6-13(12)25(22,23)18-16/h3-8H,9-10H2,1-2H3. The first-order chi connectivity index (χ1) is 11.8. The second-order valence-electron chi connectivity index (χ2n) is 5.70. The Bertz CT molecular complexity index is 953. The van der Waals surface area contributed by atoms with Crippen molar-refractivity contribution in [2.75, 3.05) is 20.6 Å². The molecule has 6 nitrogen and oxygen atoms in total. The van der Waals surface area contributed by atoms with E-state index in [1.807, 2.05) is 12.1 Å². The minimum Gasteiger partial charge on any atom is -0.349 e. The van der Waals surface area contributed by atoms with E-state index in [4.69, 9.17) is 0 Å². The van der Waals surface area contributed by atoms with Crippen molar-refractivity contribution in [3.05, 3.63) is 50.6 Å². The fraction of sp³-hybridized carbons (Fsp3) is 0.250. The third-order valence-electron chi connectivity index (χ3n) is 3.79. The highest BCUT2D eigenvalue weighted by atomic mass is 79.9. The van der Waals surface area contributed by atoms with Crippen molar-refractivity contribution >= 4 is 49.0 Å². The number of halogens is 1. The van der Waals surface area contributed by atoms with Gasteiger partial charge in [-0.05, 0) is 40.2 Å². The van der Waals surface area contributed by atoms with Crippen LogP contribution in [0.2, 0.25) is 0 Å². The van der Waals surface area contributed by atoms with E-state index in [-0.39, 0.29) is 17.3 Å². The molecule has 1 aromatic heterocycles. The molecule has 0 saturated heterocycles. The van der Waals surface area contributed by atoms with Gasteiger partial charge in [0.1, 0.15) is 4.90 Å². The lowest BCUT2D eigenvalue weighted by Crippen LogP contribution is -2.39. The van der Waals surface area contributed by atoms with Crippen LogP contribution >= 0.6 is 27.3 Å². The van der Waals surface area contributed by atoms with Crippen molar-refractivity contribution in [2.24, 2.45) is 4.40 Å². The van der Waals surface area contributed by atoms with Crippen LogP contribution in [-0.4, -0.2) is 50.6 Å². The van der Waals surface area contributed by atoms with Gasteiger partial charge in [-0.3, -0.25) is 4.79 Å². The first-order valence-corrected chi connectivity index (χ1v) is 10.5. The smallest absolute Gasteiger partial charge is 0.285 e. The fourth-order valence-electron chi connectivity index (χ4n) is 2.52. The van der Waals surface area contributed by atoms with E-state index < -0.39 is 10.0 Å². The molecule has 0 N–H and O–H groups in total. The number of sulfonamides is 1. The number of carbonyl (C=O) groups excluding carboxylic acids is 1. The Kier molecular flexibility index (Phi) is 4.99. The highest BCUT2D eigenvalue weighted by Crippen LogP contribution is 2.27. The SMILES string of the molecule is CN(Cc1ccc(Br)s1)C(=O)CN(C)C1=NS(=O)(=O)c2ccccc21. The van der Waals surface area contributed by atoms with Gasteiger partial charge in [0.15, 0.2) is 5.84 Å². The summed E-state index contributed by atoms with van der Waals surface area (Å²) in [6, 6.07) is 10.5. The summed E-state index contributed by atoms with van der Waals surface area (Å²) in [7, 11) is -0.286. The first kappa shape index (κ1) is 18.1. The fourth-order valence-corrected chi connectivity index (χ4v) is 5.31. The number of fused-ring (bicyclic) bond motifs is 1.